The number of methoxy groups -OCH3 is 1. The molecular weight excluding hydrogens is 366 g/mol. The van der Waals surface area contributed by atoms with Gasteiger partial charge in [-0.3, -0.25) is 14.5 Å². The second kappa shape index (κ2) is 10.1. The number of carbonyl (C=O) groups is 2. The maximum Gasteiger partial charge on any atom is 0.255 e. The molecule has 1 heterocycles. The molecule has 0 radical (unpaired) electrons. The number of piperidine rings is 1. The van der Waals surface area contributed by atoms with E-state index < -0.39 is 0 Å². The lowest BCUT2D eigenvalue weighted by molar-refractivity contribution is -0.117. The van der Waals surface area contributed by atoms with Gasteiger partial charge in [0, 0.05) is 12.2 Å². The zero-order chi connectivity index (χ0) is 20.6. The van der Waals surface area contributed by atoms with Crippen LogP contribution >= 0.6 is 0 Å². The second-order valence-electron chi connectivity index (χ2n) is 7.50. The van der Waals surface area contributed by atoms with Crippen molar-refractivity contribution < 1.29 is 14.3 Å². The van der Waals surface area contributed by atoms with E-state index in [1.165, 1.54) is 0 Å². The van der Waals surface area contributed by atoms with Gasteiger partial charge >= 0.3 is 0 Å². The summed E-state index contributed by atoms with van der Waals surface area (Å²) in [6, 6.07) is 15.1. The fraction of sp³-hybridized carbons (Fsp3) is 0.391. The van der Waals surface area contributed by atoms with Crippen molar-refractivity contribution in [2.24, 2.45) is 5.92 Å². The van der Waals surface area contributed by atoms with Gasteiger partial charge in [-0.1, -0.05) is 30.3 Å². The quantitative estimate of drug-likeness (QED) is 0.756. The van der Waals surface area contributed by atoms with Gasteiger partial charge in [0.25, 0.3) is 5.91 Å². The summed E-state index contributed by atoms with van der Waals surface area (Å²) < 4.78 is 5.33. The van der Waals surface area contributed by atoms with Gasteiger partial charge in [-0.25, -0.2) is 0 Å². The SMILES string of the molecule is COc1cccc(C)c1C(=O)NCC1CCN(CC(=O)Nc2ccccc2)CC1. The van der Waals surface area contributed by atoms with Gasteiger partial charge in [-0.2, -0.15) is 0 Å². The van der Waals surface area contributed by atoms with Gasteiger partial charge in [0.1, 0.15) is 5.75 Å². The Morgan fingerprint density at radius 2 is 1.79 bits per heavy atom. The number of nitrogens with one attached hydrogen (secondary N) is 2. The molecule has 0 aromatic heterocycles. The highest BCUT2D eigenvalue weighted by Gasteiger charge is 2.22. The van der Waals surface area contributed by atoms with E-state index in [2.05, 4.69) is 15.5 Å². The topological polar surface area (TPSA) is 70.7 Å². The molecule has 1 fully saturated rings. The predicted molar refractivity (Wildman–Crippen MR) is 114 cm³/mol. The lowest BCUT2D eigenvalue weighted by Crippen LogP contribution is -2.42. The van der Waals surface area contributed by atoms with E-state index >= 15 is 0 Å². The molecule has 0 aliphatic carbocycles. The minimum absolute atomic E-state index is 0.00889. The van der Waals surface area contributed by atoms with E-state index in [-0.39, 0.29) is 11.8 Å². The first-order valence-corrected chi connectivity index (χ1v) is 10.1. The molecule has 1 aliphatic rings. The molecule has 0 saturated carbocycles. The summed E-state index contributed by atoms with van der Waals surface area (Å²) >= 11 is 0. The lowest BCUT2D eigenvalue weighted by Gasteiger charge is -2.31. The highest BCUT2D eigenvalue weighted by molar-refractivity contribution is 5.98. The maximum absolute atomic E-state index is 12.6. The summed E-state index contributed by atoms with van der Waals surface area (Å²) in [5.74, 6) is 0.934. The fourth-order valence-corrected chi connectivity index (χ4v) is 3.70. The number of anilines is 1. The van der Waals surface area contributed by atoms with Crippen molar-refractivity contribution >= 4 is 17.5 Å². The molecule has 2 aromatic rings. The van der Waals surface area contributed by atoms with Crippen LogP contribution in [0.4, 0.5) is 5.69 Å². The van der Waals surface area contributed by atoms with Crippen molar-refractivity contribution in [2.45, 2.75) is 19.8 Å². The van der Waals surface area contributed by atoms with Crippen LogP contribution in [0.1, 0.15) is 28.8 Å². The number of hydrogen-bond donors (Lipinski definition) is 2. The molecule has 2 N–H and O–H groups in total. The molecule has 0 atom stereocenters. The van der Waals surface area contributed by atoms with Crippen LogP contribution in [0.5, 0.6) is 5.75 Å². The first-order valence-electron chi connectivity index (χ1n) is 10.1. The number of para-hydroxylation sites is 1. The van der Waals surface area contributed by atoms with Gasteiger partial charge in [-0.15, -0.1) is 0 Å². The molecule has 0 spiro atoms. The monoisotopic (exact) mass is 395 g/mol. The molecule has 1 saturated heterocycles. The van der Waals surface area contributed by atoms with E-state index in [1.807, 2.05) is 49.4 Å². The fourth-order valence-electron chi connectivity index (χ4n) is 3.70. The second-order valence-corrected chi connectivity index (χ2v) is 7.50. The number of amides is 2. The molecule has 2 aromatic carbocycles. The normalized spacial score (nSPS) is 15.0. The van der Waals surface area contributed by atoms with Crippen LogP contribution in [0.2, 0.25) is 0 Å². The number of rotatable bonds is 7. The van der Waals surface area contributed by atoms with E-state index in [4.69, 9.17) is 4.74 Å². The highest BCUT2D eigenvalue weighted by atomic mass is 16.5. The summed E-state index contributed by atoms with van der Waals surface area (Å²) in [4.78, 5) is 27.0. The molecule has 1 aliphatic heterocycles. The Bertz CT molecular complexity index is 831. The van der Waals surface area contributed by atoms with Crippen LogP contribution in [0.3, 0.4) is 0 Å². The Kier molecular flexibility index (Phi) is 7.25. The molecule has 154 valence electrons. The number of likely N-dealkylation sites (tertiary alicyclic amines) is 1. The molecule has 6 nitrogen and oxygen atoms in total. The average Bonchev–Trinajstić information content (AvgIpc) is 2.73. The molecular formula is C23H29N3O3. The van der Waals surface area contributed by atoms with E-state index in [0.717, 1.165) is 37.2 Å². The number of nitrogens with zero attached hydrogens (tertiary/aromatic N) is 1. The average molecular weight is 396 g/mol. The Hall–Kier alpha value is -2.86. The molecule has 29 heavy (non-hydrogen) atoms. The molecule has 3 rings (SSSR count). The lowest BCUT2D eigenvalue weighted by atomic mass is 9.96. The Balaban J connectivity index is 1.42. The highest BCUT2D eigenvalue weighted by Crippen LogP contribution is 2.22. The number of benzene rings is 2. The smallest absolute Gasteiger partial charge is 0.255 e. The largest absolute Gasteiger partial charge is 0.496 e. The van der Waals surface area contributed by atoms with Crippen molar-refractivity contribution in [3.8, 4) is 5.75 Å². The van der Waals surface area contributed by atoms with Gasteiger partial charge in [0.2, 0.25) is 5.91 Å². The summed E-state index contributed by atoms with van der Waals surface area (Å²) in [6.45, 7) is 4.66. The summed E-state index contributed by atoms with van der Waals surface area (Å²) in [5, 5.41) is 5.98. The van der Waals surface area contributed by atoms with E-state index in [1.54, 1.807) is 13.2 Å². The first-order chi connectivity index (χ1) is 14.1. The van der Waals surface area contributed by atoms with Crippen molar-refractivity contribution in [2.75, 3.05) is 38.6 Å². The Morgan fingerprint density at radius 3 is 2.48 bits per heavy atom. The molecule has 2 amide bonds. The van der Waals surface area contributed by atoms with Crippen molar-refractivity contribution in [3.05, 3.63) is 59.7 Å². The first kappa shape index (κ1) is 20.9. The van der Waals surface area contributed by atoms with Crippen LogP contribution in [-0.4, -0.2) is 50.0 Å². The van der Waals surface area contributed by atoms with Gasteiger partial charge < -0.3 is 15.4 Å². The van der Waals surface area contributed by atoms with Gasteiger partial charge in [-0.05, 0) is 62.5 Å². The molecule has 0 unspecified atom stereocenters. The summed E-state index contributed by atoms with van der Waals surface area (Å²) in [5.41, 5.74) is 2.33. The Morgan fingerprint density at radius 1 is 1.07 bits per heavy atom. The van der Waals surface area contributed by atoms with Gasteiger partial charge in [0.05, 0.1) is 19.2 Å². The van der Waals surface area contributed by atoms with Crippen LogP contribution in [0.15, 0.2) is 48.5 Å². The van der Waals surface area contributed by atoms with Crippen LogP contribution in [-0.2, 0) is 4.79 Å². The molecule has 0 bridgehead atoms. The third-order valence-corrected chi connectivity index (χ3v) is 5.36. The summed E-state index contributed by atoms with van der Waals surface area (Å²) in [7, 11) is 1.58. The van der Waals surface area contributed by atoms with Crippen molar-refractivity contribution in [1.82, 2.24) is 10.2 Å². The summed E-state index contributed by atoms with van der Waals surface area (Å²) in [6.07, 6.45) is 1.92. The van der Waals surface area contributed by atoms with Crippen LogP contribution in [0.25, 0.3) is 0 Å². The number of carbonyl (C=O) groups excluding carboxylic acids is 2. The Labute approximate surface area is 172 Å². The predicted octanol–water partition coefficient (Wildman–Crippen LogP) is 3.08. The maximum atomic E-state index is 12.6. The standard InChI is InChI=1S/C23H29N3O3/c1-17-7-6-10-20(29-2)22(17)23(28)24-15-18-11-13-26(14-12-18)16-21(27)25-19-8-4-3-5-9-19/h3-10,18H,11-16H2,1-2H3,(H,24,28)(H,25,27). The zero-order valence-corrected chi connectivity index (χ0v) is 17.1. The third kappa shape index (κ3) is 5.81. The van der Waals surface area contributed by atoms with Crippen LogP contribution in [0, 0.1) is 12.8 Å². The number of hydrogen-bond acceptors (Lipinski definition) is 4. The minimum Gasteiger partial charge on any atom is -0.496 e. The van der Waals surface area contributed by atoms with Crippen molar-refractivity contribution in [1.29, 1.82) is 0 Å². The van der Waals surface area contributed by atoms with Crippen molar-refractivity contribution in [3.63, 3.8) is 0 Å². The zero-order valence-electron chi connectivity index (χ0n) is 17.1. The number of aryl methyl sites for hydroxylation is 1. The molecule has 6 heteroatoms. The van der Waals surface area contributed by atoms with Crippen LogP contribution < -0.4 is 15.4 Å². The minimum atomic E-state index is -0.0929. The van der Waals surface area contributed by atoms with Gasteiger partial charge in [0.15, 0.2) is 0 Å². The van der Waals surface area contributed by atoms with E-state index in [9.17, 15) is 9.59 Å². The third-order valence-electron chi connectivity index (χ3n) is 5.36. The van der Waals surface area contributed by atoms with E-state index in [0.29, 0.717) is 30.3 Å². The number of ether oxygens (including phenoxy) is 1.